The number of aromatic nitrogens is 3. The van der Waals surface area contributed by atoms with Crippen molar-refractivity contribution in [3.8, 4) is 6.07 Å². The summed E-state index contributed by atoms with van der Waals surface area (Å²) in [6.45, 7) is 4.10. The van der Waals surface area contributed by atoms with Crippen molar-refractivity contribution in [2.75, 3.05) is 31.5 Å². The van der Waals surface area contributed by atoms with Gasteiger partial charge < -0.3 is 15.5 Å². The predicted molar refractivity (Wildman–Crippen MR) is 154 cm³/mol. The number of alkyl halides is 2. The van der Waals surface area contributed by atoms with Crippen LogP contribution in [0.3, 0.4) is 0 Å². The van der Waals surface area contributed by atoms with E-state index < -0.39 is 28.9 Å². The van der Waals surface area contributed by atoms with Gasteiger partial charge in [0.15, 0.2) is 0 Å². The Hall–Kier alpha value is -3.91. The first-order valence-electron chi connectivity index (χ1n) is 14.8. The highest BCUT2D eigenvalue weighted by Crippen LogP contribution is 2.47. The Labute approximate surface area is 242 Å². The SMILES string of the molecule is C[C@H]1Nc2ncnc3c2cc(C2(C#N)CC2)c(=O)n3CC(=O)NCCCCN2CCC(CC2)C(F)(F)c2cccc1c2. The van der Waals surface area contributed by atoms with Crippen molar-refractivity contribution >= 4 is 22.8 Å². The van der Waals surface area contributed by atoms with Gasteiger partial charge >= 0.3 is 0 Å². The third kappa shape index (κ3) is 5.24. The summed E-state index contributed by atoms with van der Waals surface area (Å²) in [7, 11) is 0. The van der Waals surface area contributed by atoms with Crippen molar-refractivity contribution in [1.29, 1.82) is 5.26 Å². The lowest BCUT2D eigenvalue weighted by Gasteiger charge is -2.36. The Morgan fingerprint density at radius 2 is 1.86 bits per heavy atom. The summed E-state index contributed by atoms with van der Waals surface area (Å²) in [5.41, 5.74) is -0.0373. The van der Waals surface area contributed by atoms with Gasteiger partial charge in [-0.3, -0.25) is 14.2 Å². The summed E-state index contributed by atoms with van der Waals surface area (Å²) in [6.07, 6.45) is 4.84. The Kier molecular flexibility index (Phi) is 7.43. The van der Waals surface area contributed by atoms with Gasteiger partial charge in [0.1, 0.15) is 24.3 Å². The molecule has 220 valence electrons. The van der Waals surface area contributed by atoms with Crippen LogP contribution in [-0.2, 0) is 22.7 Å². The molecule has 3 aliphatic heterocycles. The van der Waals surface area contributed by atoms with Crippen LogP contribution in [0.2, 0.25) is 0 Å². The van der Waals surface area contributed by atoms with E-state index in [2.05, 4.69) is 31.6 Å². The van der Waals surface area contributed by atoms with Gasteiger partial charge in [0, 0.05) is 29.6 Å². The minimum Gasteiger partial charge on any atom is -0.363 e. The van der Waals surface area contributed by atoms with Crippen molar-refractivity contribution in [3.63, 3.8) is 0 Å². The quantitative estimate of drug-likeness (QED) is 0.446. The molecule has 1 saturated heterocycles. The third-order valence-electron chi connectivity index (χ3n) is 9.11. The molecular weight excluding hydrogens is 540 g/mol. The van der Waals surface area contributed by atoms with E-state index in [0.717, 1.165) is 19.4 Å². The number of nitrogens with zero attached hydrogens (tertiary/aromatic N) is 5. The van der Waals surface area contributed by atoms with Gasteiger partial charge in [-0.1, -0.05) is 18.2 Å². The number of rotatable bonds is 1. The van der Waals surface area contributed by atoms with Gasteiger partial charge in [-0.2, -0.15) is 5.26 Å². The number of nitriles is 1. The second-order valence-corrected chi connectivity index (χ2v) is 11.9. The highest BCUT2D eigenvalue weighted by molar-refractivity contribution is 5.89. The molecule has 1 aromatic carbocycles. The Bertz CT molecular complexity index is 1600. The van der Waals surface area contributed by atoms with Crippen LogP contribution in [0.1, 0.15) is 68.2 Å². The molecule has 11 heteroatoms. The maximum absolute atomic E-state index is 15.8. The molecule has 4 aliphatic rings. The van der Waals surface area contributed by atoms with Crippen LogP contribution in [-0.4, -0.2) is 51.5 Å². The van der Waals surface area contributed by atoms with Crippen LogP contribution in [0.15, 0.2) is 41.5 Å². The van der Waals surface area contributed by atoms with E-state index in [1.807, 2.05) is 6.92 Å². The number of carbonyl (C=O) groups is 1. The maximum atomic E-state index is 15.8. The van der Waals surface area contributed by atoms with E-state index >= 15 is 8.78 Å². The van der Waals surface area contributed by atoms with Crippen molar-refractivity contribution in [2.24, 2.45) is 5.92 Å². The van der Waals surface area contributed by atoms with E-state index in [1.54, 1.807) is 24.3 Å². The number of pyridine rings is 1. The fourth-order valence-electron chi connectivity index (χ4n) is 6.30. The van der Waals surface area contributed by atoms with Crippen LogP contribution in [0.4, 0.5) is 14.6 Å². The molecule has 1 amide bonds. The summed E-state index contributed by atoms with van der Waals surface area (Å²) < 4.78 is 32.8. The number of anilines is 1. The third-order valence-corrected chi connectivity index (χ3v) is 9.11. The summed E-state index contributed by atoms with van der Waals surface area (Å²) in [6, 6.07) is 10.1. The second kappa shape index (κ2) is 11.1. The molecule has 1 saturated carbocycles. The molecule has 3 aromatic rings. The number of amides is 1. The fraction of sp³-hybridized carbons (Fsp3) is 0.516. The van der Waals surface area contributed by atoms with Crippen LogP contribution in [0, 0.1) is 17.2 Å². The predicted octanol–water partition coefficient (Wildman–Crippen LogP) is 4.23. The average molecular weight is 576 g/mol. The standard InChI is InChI=1S/C31H35F2N7O2/c1-20-21-5-4-6-23(15-21)31(32,33)22-7-13-39(14-8-22)12-3-2-11-35-26(41)17-40-28-24(27(38-20)36-19-37-28)16-25(29(40)42)30(18-34)9-10-30/h4-6,15-16,19-20,22H,2-3,7-14,17H2,1H3,(H,35,41)(H,36,37,38)/t20-/m1/s1. The molecule has 2 N–H and O–H groups in total. The van der Waals surface area contributed by atoms with Gasteiger partial charge in [0.05, 0.1) is 16.9 Å². The topological polar surface area (TPSA) is 116 Å². The van der Waals surface area contributed by atoms with E-state index in [-0.39, 0.29) is 23.7 Å². The van der Waals surface area contributed by atoms with E-state index in [0.29, 0.717) is 67.6 Å². The first-order valence-corrected chi connectivity index (χ1v) is 14.8. The Balaban J connectivity index is 1.43. The zero-order chi connectivity index (χ0) is 29.5. The molecule has 0 radical (unpaired) electrons. The summed E-state index contributed by atoms with van der Waals surface area (Å²) in [5.74, 6) is -3.60. The van der Waals surface area contributed by atoms with Gasteiger partial charge in [-0.15, -0.1) is 0 Å². The number of nitrogens with one attached hydrogen (secondary N) is 2. The molecule has 9 nitrogen and oxygen atoms in total. The molecule has 0 spiro atoms. The smallest absolute Gasteiger partial charge is 0.276 e. The molecule has 5 heterocycles. The van der Waals surface area contributed by atoms with E-state index in [4.69, 9.17) is 0 Å². The summed E-state index contributed by atoms with van der Waals surface area (Å²) in [4.78, 5) is 37.6. The van der Waals surface area contributed by atoms with Crippen LogP contribution in [0.25, 0.3) is 11.0 Å². The van der Waals surface area contributed by atoms with Crippen molar-refractivity contribution in [1.82, 2.24) is 24.8 Å². The number of hydrogen-bond donors (Lipinski definition) is 2. The van der Waals surface area contributed by atoms with Gasteiger partial charge in [0.2, 0.25) is 5.91 Å². The van der Waals surface area contributed by atoms with Crippen molar-refractivity contribution in [2.45, 2.75) is 69.4 Å². The van der Waals surface area contributed by atoms with E-state index in [9.17, 15) is 14.9 Å². The molecule has 7 rings (SSSR count). The zero-order valence-electron chi connectivity index (χ0n) is 23.7. The highest BCUT2D eigenvalue weighted by atomic mass is 19.3. The monoisotopic (exact) mass is 575 g/mol. The highest BCUT2D eigenvalue weighted by Gasteiger charge is 2.47. The minimum absolute atomic E-state index is 0.0101. The molecule has 2 fully saturated rings. The number of carbonyl (C=O) groups excluding carboxylic acids is 1. The number of fused-ring (bicyclic) bond motifs is 9. The molecule has 1 atom stereocenters. The molecule has 2 aromatic heterocycles. The van der Waals surface area contributed by atoms with Crippen molar-refractivity contribution < 1.29 is 13.6 Å². The van der Waals surface area contributed by atoms with Crippen molar-refractivity contribution in [3.05, 3.63) is 63.7 Å². The first-order chi connectivity index (χ1) is 20.2. The average Bonchev–Trinajstić information content (AvgIpc) is 3.79. The number of benzene rings is 1. The number of halogens is 2. The second-order valence-electron chi connectivity index (χ2n) is 11.9. The first kappa shape index (κ1) is 28.2. The molecule has 1 aliphatic carbocycles. The lowest BCUT2D eigenvalue weighted by Crippen LogP contribution is -2.40. The van der Waals surface area contributed by atoms with Gasteiger partial charge in [-0.05, 0) is 82.8 Å². The normalized spacial score (nSPS) is 25.6. The maximum Gasteiger partial charge on any atom is 0.276 e. The molecular formula is C31H35F2N7O2. The van der Waals surface area contributed by atoms with Crippen LogP contribution < -0.4 is 16.2 Å². The van der Waals surface area contributed by atoms with E-state index in [1.165, 1.54) is 17.0 Å². The summed E-state index contributed by atoms with van der Waals surface area (Å²) in [5, 5.41) is 16.6. The van der Waals surface area contributed by atoms with Crippen LogP contribution in [0.5, 0.6) is 0 Å². The van der Waals surface area contributed by atoms with Crippen LogP contribution >= 0.6 is 0 Å². The van der Waals surface area contributed by atoms with Gasteiger partial charge in [-0.25, -0.2) is 18.7 Å². The number of hydrogen-bond acceptors (Lipinski definition) is 7. The minimum atomic E-state index is -2.95. The molecule has 42 heavy (non-hydrogen) atoms. The molecule has 0 unspecified atom stereocenters. The summed E-state index contributed by atoms with van der Waals surface area (Å²) >= 11 is 0. The Morgan fingerprint density at radius 1 is 1.07 bits per heavy atom. The number of piperidine rings is 1. The molecule has 8 bridgehead atoms. The lowest BCUT2D eigenvalue weighted by molar-refractivity contribution is -0.121. The largest absolute Gasteiger partial charge is 0.363 e. The Morgan fingerprint density at radius 3 is 2.60 bits per heavy atom. The van der Waals surface area contributed by atoms with Gasteiger partial charge in [0.25, 0.3) is 11.5 Å². The zero-order valence-corrected chi connectivity index (χ0v) is 23.7. The fourth-order valence-corrected chi connectivity index (χ4v) is 6.30. The lowest BCUT2D eigenvalue weighted by atomic mass is 9.85.